The Kier molecular flexibility index (Phi) is 5.89. The van der Waals surface area contributed by atoms with Gasteiger partial charge in [-0.3, -0.25) is 0 Å². The molecule has 0 spiro atoms. The lowest BCUT2D eigenvalue weighted by Gasteiger charge is -2.10. The molecule has 0 unspecified atom stereocenters. The van der Waals surface area contributed by atoms with E-state index < -0.39 is 0 Å². The lowest BCUT2D eigenvalue weighted by Crippen LogP contribution is -1.96. The molecule has 0 aliphatic rings. The maximum Gasteiger partial charge on any atom is 0.124 e. The monoisotopic (exact) mass is 234 g/mol. The summed E-state index contributed by atoms with van der Waals surface area (Å²) >= 11 is 0. The molecule has 1 rings (SSSR count). The van der Waals surface area contributed by atoms with E-state index >= 15 is 0 Å². The van der Waals surface area contributed by atoms with Gasteiger partial charge in [-0.1, -0.05) is 24.8 Å². The van der Waals surface area contributed by atoms with Gasteiger partial charge in [-0.05, 0) is 17.7 Å². The quantitative estimate of drug-likeness (QED) is 0.412. The van der Waals surface area contributed by atoms with E-state index in [1.165, 1.54) is 0 Å². The van der Waals surface area contributed by atoms with Gasteiger partial charge in [-0.2, -0.15) is 0 Å². The molecule has 0 saturated heterocycles. The van der Waals surface area contributed by atoms with E-state index in [1.54, 1.807) is 26.6 Å². The summed E-state index contributed by atoms with van der Waals surface area (Å²) in [5.41, 5.74) is 2.03. The summed E-state index contributed by atoms with van der Waals surface area (Å²) in [5.74, 6) is 0.817. The third kappa shape index (κ3) is 3.96. The van der Waals surface area contributed by atoms with E-state index in [2.05, 4.69) is 6.58 Å². The van der Waals surface area contributed by atoms with Gasteiger partial charge in [0, 0.05) is 12.7 Å². The summed E-state index contributed by atoms with van der Waals surface area (Å²) in [5, 5.41) is 0. The van der Waals surface area contributed by atoms with Crippen molar-refractivity contribution >= 4 is 6.08 Å². The van der Waals surface area contributed by atoms with Gasteiger partial charge in [-0.15, -0.1) is 0 Å². The Bertz CT molecular complexity index is 383. The lowest BCUT2D eigenvalue weighted by molar-refractivity contribution is 0.181. The second kappa shape index (κ2) is 7.52. The third-order valence-electron chi connectivity index (χ3n) is 2.24. The molecule has 0 aliphatic carbocycles. The minimum atomic E-state index is 0.500. The molecule has 0 bridgehead atoms. The second-order valence-corrected chi connectivity index (χ2v) is 3.39. The van der Waals surface area contributed by atoms with Crippen molar-refractivity contribution in [3.63, 3.8) is 0 Å². The lowest BCUT2D eigenvalue weighted by atomic mass is 10.1. The highest BCUT2D eigenvalue weighted by molar-refractivity contribution is 5.57. The van der Waals surface area contributed by atoms with E-state index in [1.807, 2.05) is 24.3 Å². The van der Waals surface area contributed by atoms with E-state index in [-0.39, 0.29) is 0 Å². The molecule has 3 nitrogen and oxygen atoms in total. The zero-order valence-corrected chi connectivity index (χ0v) is 10.3. The number of hydrogen-bond donors (Lipinski definition) is 0. The SMILES string of the molecule is C=CCO/C=C/c1cccc(OC)c1COC. The topological polar surface area (TPSA) is 27.7 Å². The molecule has 0 heterocycles. The van der Waals surface area contributed by atoms with Crippen LogP contribution in [-0.2, 0) is 16.1 Å². The van der Waals surface area contributed by atoms with Crippen molar-refractivity contribution in [1.29, 1.82) is 0 Å². The van der Waals surface area contributed by atoms with Gasteiger partial charge in [-0.25, -0.2) is 0 Å². The van der Waals surface area contributed by atoms with Crippen molar-refractivity contribution in [1.82, 2.24) is 0 Å². The van der Waals surface area contributed by atoms with Crippen molar-refractivity contribution in [2.75, 3.05) is 20.8 Å². The molecule has 92 valence electrons. The van der Waals surface area contributed by atoms with Crippen LogP contribution >= 0.6 is 0 Å². The van der Waals surface area contributed by atoms with Crippen LogP contribution in [0.5, 0.6) is 5.75 Å². The standard InChI is InChI=1S/C14H18O3/c1-4-9-17-10-8-12-6-5-7-14(16-3)13(12)11-15-2/h4-8,10H,1,9,11H2,2-3H3/b10-8+. The van der Waals surface area contributed by atoms with Crippen LogP contribution in [0, 0.1) is 0 Å². The summed E-state index contributed by atoms with van der Waals surface area (Å²) in [6, 6.07) is 5.84. The first-order chi connectivity index (χ1) is 8.33. The summed E-state index contributed by atoms with van der Waals surface area (Å²) in [7, 11) is 3.31. The minimum Gasteiger partial charge on any atom is -0.497 e. The van der Waals surface area contributed by atoms with Crippen LogP contribution in [0.15, 0.2) is 37.1 Å². The van der Waals surface area contributed by atoms with Crippen LogP contribution < -0.4 is 4.74 Å². The van der Waals surface area contributed by atoms with Crippen molar-refractivity contribution in [3.05, 3.63) is 48.2 Å². The Morgan fingerprint density at radius 3 is 2.76 bits per heavy atom. The molecule has 3 heteroatoms. The average molecular weight is 234 g/mol. The summed E-state index contributed by atoms with van der Waals surface area (Å²) in [6.45, 7) is 4.59. The third-order valence-corrected chi connectivity index (χ3v) is 2.24. The smallest absolute Gasteiger partial charge is 0.124 e. The van der Waals surface area contributed by atoms with E-state index in [0.29, 0.717) is 13.2 Å². The first-order valence-electron chi connectivity index (χ1n) is 5.37. The fourth-order valence-electron chi connectivity index (χ4n) is 1.47. The van der Waals surface area contributed by atoms with Gasteiger partial charge in [0.25, 0.3) is 0 Å². The maximum absolute atomic E-state index is 5.30. The Morgan fingerprint density at radius 2 is 2.12 bits per heavy atom. The molecule has 0 aliphatic heterocycles. The van der Waals surface area contributed by atoms with Crippen molar-refractivity contribution in [2.45, 2.75) is 6.61 Å². The molecular formula is C14H18O3. The highest BCUT2D eigenvalue weighted by Gasteiger charge is 2.06. The number of ether oxygens (including phenoxy) is 3. The Balaban J connectivity index is 2.88. The summed E-state index contributed by atoms with van der Waals surface area (Å²) < 4.78 is 15.7. The maximum atomic E-state index is 5.30. The zero-order valence-electron chi connectivity index (χ0n) is 10.3. The molecule has 0 fully saturated rings. The summed E-state index contributed by atoms with van der Waals surface area (Å²) in [6.07, 6.45) is 5.24. The second-order valence-electron chi connectivity index (χ2n) is 3.39. The zero-order chi connectivity index (χ0) is 12.5. The number of rotatable bonds is 7. The fourth-order valence-corrected chi connectivity index (χ4v) is 1.47. The van der Waals surface area contributed by atoms with E-state index in [9.17, 15) is 0 Å². The van der Waals surface area contributed by atoms with Crippen LogP contribution in [0.4, 0.5) is 0 Å². The molecule has 0 atom stereocenters. The van der Waals surface area contributed by atoms with Gasteiger partial charge < -0.3 is 14.2 Å². The molecule has 1 aromatic carbocycles. The number of methoxy groups -OCH3 is 2. The largest absolute Gasteiger partial charge is 0.497 e. The van der Waals surface area contributed by atoms with Gasteiger partial charge in [0.2, 0.25) is 0 Å². The average Bonchev–Trinajstić information content (AvgIpc) is 2.36. The fraction of sp³-hybridized carbons (Fsp3) is 0.286. The first kappa shape index (κ1) is 13.3. The van der Waals surface area contributed by atoms with Gasteiger partial charge >= 0.3 is 0 Å². The van der Waals surface area contributed by atoms with Crippen LogP contribution in [0.25, 0.3) is 6.08 Å². The molecule has 17 heavy (non-hydrogen) atoms. The molecule has 1 aromatic rings. The van der Waals surface area contributed by atoms with E-state index in [4.69, 9.17) is 14.2 Å². The molecule has 0 N–H and O–H groups in total. The Hall–Kier alpha value is -1.74. The van der Waals surface area contributed by atoms with Crippen LogP contribution in [-0.4, -0.2) is 20.8 Å². The van der Waals surface area contributed by atoms with Crippen molar-refractivity contribution < 1.29 is 14.2 Å². The predicted octanol–water partition coefficient (Wildman–Crippen LogP) is 3.01. The minimum absolute atomic E-state index is 0.500. The number of benzene rings is 1. The van der Waals surface area contributed by atoms with Gasteiger partial charge in [0.15, 0.2) is 0 Å². The molecular weight excluding hydrogens is 216 g/mol. The molecule has 0 radical (unpaired) electrons. The highest BCUT2D eigenvalue weighted by Crippen LogP contribution is 2.24. The van der Waals surface area contributed by atoms with Gasteiger partial charge in [0.05, 0.1) is 20.0 Å². The van der Waals surface area contributed by atoms with Crippen LogP contribution in [0.3, 0.4) is 0 Å². The Morgan fingerprint density at radius 1 is 1.29 bits per heavy atom. The normalized spacial score (nSPS) is 10.5. The predicted molar refractivity (Wildman–Crippen MR) is 68.9 cm³/mol. The van der Waals surface area contributed by atoms with Crippen LogP contribution in [0.1, 0.15) is 11.1 Å². The van der Waals surface area contributed by atoms with Crippen LogP contribution in [0.2, 0.25) is 0 Å². The molecule has 0 amide bonds. The molecule has 0 saturated carbocycles. The summed E-state index contributed by atoms with van der Waals surface area (Å²) in [4.78, 5) is 0. The Labute approximate surface area is 102 Å². The van der Waals surface area contributed by atoms with Gasteiger partial charge in [0.1, 0.15) is 12.4 Å². The van der Waals surface area contributed by atoms with E-state index in [0.717, 1.165) is 16.9 Å². The van der Waals surface area contributed by atoms with Crippen molar-refractivity contribution in [2.24, 2.45) is 0 Å². The molecule has 0 aromatic heterocycles. The number of hydrogen-bond acceptors (Lipinski definition) is 3. The first-order valence-corrected chi connectivity index (χ1v) is 5.37. The highest BCUT2D eigenvalue weighted by atomic mass is 16.5. The van der Waals surface area contributed by atoms with Crippen molar-refractivity contribution in [3.8, 4) is 5.75 Å².